The Labute approximate surface area is 105 Å². The first-order chi connectivity index (χ1) is 8.58. The molecular weight excluding hydrogens is 238 g/mol. The molecule has 2 N–H and O–H groups in total. The number of nitriles is 1. The predicted molar refractivity (Wildman–Crippen MR) is 63.7 cm³/mol. The number of aliphatic hydroxyl groups excluding tert-OH is 1. The van der Waals surface area contributed by atoms with Crippen molar-refractivity contribution < 1.29 is 13.9 Å². The van der Waals surface area contributed by atoms with Crippen molar-refractivity contribution in [3.8, 4) is 6.07 Å². The topological polar surface area (TPSA) is 56.0 Å². The van der Waals surface area contributed by atoms with Crippen LogP contribution < -0.4 is 5.32 Å². The van der Waals surface area contributed by atoms with E-state index in [1.165, 1.54) is 0 Å². The monoisotopic (exact) mass is 254 g/mol. The molecule has 18 heavy (non-hydrogen) atoms. The summed E-state index contributed by atoms with van der Waals surface area (Å²) in [4.78, 5) is 0. The van der Waals surface area contributed by atoms with Gasteiger partial charge in [0.2, 0.25) is 0 Å². The first kappa shape index (κ1) is 14.6. The van der Waals surface area contributed by atoms with Crippen molar-refractivity contribution in [2.75, 3.05) is 6.61 Å². The van der Waals surface area contributed by atoms with Gasteiger partial charge in [-0.2, -0.15) is 5.26 Å². The van der Waals surface area contributed by atoms with Crippen LogP contribution in [0.5, 0.6) is 0 Å². The van der Waals surface area contributed by atoms with Gasteiger partial charge < -0.3 is 10.4 Å². The summed E-state index contributed by atoms with van der Waals surface area (Å²) in [6, 6.07) is 3.81. The maximum atomic E-state index is 13.5. The maximum Gasteiger partial charge on any atom is 0.131 e. The SMILES string of the molecule is CC(CCCO)NCc1c(F)cc(C#N)cc1F. The molecule has 0 saturated carbocycles. The van der Waals surface area contributed by atoms with Crippen LogP contribution in [0.15, 0.2) is 12.1 Å². The van der Waals surface area contributed by atoms with E-state index in [9.17, 15) is 8.78 Å². The summed E-state index contributed by atoms with van der Waals surface area (Å²) in [6.07, 6.45) is 1.38. The highest BCUT2D eigenvalue weighted by atomic mass is 19.1. The van der Waals surface area contributed by atoms with Crippen molar-refractivity contribution in [2.24, 2.45) is 0 Å². The lowest BCUT2D eigenvalue weighted by atomic mass is 10.1. The molecule has 98 valence electrons. The lowest BCUT2D eigenvalue weighted by molar-refractivity contribution is 0.276. The quantitative estimate of drug-likeness (QED) is 0.817. The third-order valence-corrected chi connectivity index (χ3v) is 2.69. The summed E-state index contributed by atoms with van der Waals surface area (Å²) >= 11 is 0. The number of nitrogens with one attached hydrogen (secondary N) is 1. The minimum Gasteiger partial charge on any atom is -0.396 e. The number of halogens is 2. The van der Waals surface area contributed by atoms with Gasteiger partial charge in [-0.05, 0) is 31.9 Å². The fourth-order valence-electron chi connectivity index (χ4n) is 1.61. The van der Waals surface area contributed by atoms with Crippen molar-refractivity contribution in [2.45, 2.75) is 32.4 Å². The van der Waals surface area contributed by atoms with Crippen molar-refractivity contribution in [3.05, 3.63) is 34.9 Å². The number of rotatable bonds is 6. The van der Waals surface area contributed by atoms with Gasteiger partial charge in [-0.15, -0.1) is 0 Å². The van der Waals surface area contributed by atoms with Crippen LogP contribution in [0.1, 0.15) is 30.9 Å². The molecule has 0 spiro atoms. The average molecular weight is 254 g/mol. The van der Waals surface area contributed by atoms with E-state index < -0.39 is 11.6 Å². The Bertz CT molecular complexity index is 420. The number of hydrogen-bond donors (Lipinski definition) is 2. The summed E-state index contributed by atoms with van der Waals surface area (Å²) in [7, 11) is 0. The molecule has 0 aromatic heterocycles. The first-order valence-electron chi connectivity index (χ1n) is 5.80. The molecule has 0 aliphatic carbocycles. The third kappa shape index (κ3) is 4.06. The largest absolute Gasteiger partial charge is 0.396 e. The second-order valence-corrected chi connectivity index (χ2v) is 4.18. The Morgan fingerprint density at radius 2 is 2.00 bits per heavy atom. The van der Waals surface area contributed by atoms with E-state index in [0.29, 0.717) is 6.42 Å². The number of aliphatic hydroxyl groups is 1. The van der Waals surface area contributed by atoms with Crippen molar-refractivity contribution >= 4 is 0 Å². The molecule has 1 unspecified atom stereocenters. The lowest BCUT2D eigenvalue weighted by Crippen LogP contribution is -2.26. The van der Waals surface area contributed by atoms with Gasteiger partial charge in [0.15, 0.2) is 0 Å². The molecule has 1 rings (SSSR count). The van der Waals surface area contributed by atoms with Crippen LogP contribution in [0.3, 0.4) is 0 Å². The number of benzene rings is 1. The van der Waals surface area contributed by atoms with Gasteiger partial charge in [0.1, 0.15) is 11.6 Å². The highest BCUT2D eigenvalue weighted by molar-refractivity contribution is 5.34. The summed E-state index contributed by atoms with van der Waals surface area (Å²) in [6.45, 7) is 2.05. The second-order valence-electron chi connectivity index (χ2n) is 4.18. The Balaban J connectivity index is 2.65. The highest BCUT2D eigenvalue weighted by Crippen LogP contribution is 2.15. The molecule has 0 heterocycles. The standard InChI is InChI=1S/C13H16F2N2O/c1-9(3-2-4-18)17-8-11-12(14)5-10(7-16)6-13(11)15/h5-6,9,17-18H,2-4,8H2,1H3. The van der Waals surface area contributed by atoms with Gasteiger partial charge in [-0.1, -0.05) is 0 Å². The average Bonchev–Trinajstić information content (AvgIpc) is 2.34. The molecular formula is C13H16F2N2O. The van der Waals surface area contributed by atoms with E-state index in [-0.39, 0.29) is 30.3 Å². The molecule has 0 fully saturated rings. The molecule has 0 bridgehead atoms. The zero-order valence-corrected chi connectivity index (χ0v) is 10.2. The van der Waals surface area contributed by atoms with Crippen molar-refractivity contribution in [1.82, 2.24) is 5.32 Å². The van der Waals surface area contributed by atoms with Crippen molar-refractivity contribution in [3.63, 3.8) is 0 Å². The van der Waals surface area contributed by atoms with Crippen LogP contribution in [0.4, 0.5) is 8.78 Å². The molecule has 0 saturated heterocycles. The van der Waals surface area contributed by atoms with E-state index in [1.807, 2.05) is 6.92 Å². The Hall–Kier alpha value is -1.51. The van der Waals surface area contributed by atoms with E-state index >= 15 is 0 Å². The molecule has 0 aliphatic rings. The smallest absolute Gasteiger partial charge is 0.131 e. The normalized spacial score (nSPS) is 12.2. The molecule has 1 aromatic rings. The van der Waals surface area contributed by atoms with Gasteiger partial charge in [0.05, 0.1) is 11.6 Å². The van der Waals surface area contributed by atoms with Gasteiger partial charge in [-0.25, -0.2) is 8.78 Å². The Morgan fingerprint density at radius 3 is 2.50 bits per heavy atom. The number of hydrogen-bond acceptors (Lipinski definition) is 3. The fraction of sp³-hybridized carbons (Fsp3) is 0.462. The maximum absolute atomic E-state index is 13.5. The van der Waals surface area contributed by atoms with E-state index in [0.717, 1.165) is 18.6 Å². The van der Waals surface area contributed by atoms with Crippen LogP contribution >= 0.6 is 0 Å². The number of nitrogens with zero attached hydrogens (tertiary/aromatic N) is 1. The van der Waals surface area contributed by atoms with E-state index in [2.05, 4.69) is 5.32 Å². The lowest BCUT2D eigenvalue weighted by Gasteiger charge is -2.14. The minimum absolute atomic E-state index is 0.0259. The molecule has 1 atom stereocenters. The minimum atomic E-state index is -0.714. The van der Waals surface area contributed by atoms with Gasteiger partial charge in [-0.3, -0.25) is 0 Å². The zero-order chi connectivity index (χ0) is 13.5. The Morgan fingerprint density at radius 1 is 1.39 bits per heavy atom. The molecule has 5 heteroatoms. The van der Waals surface area contributed by atoms with Gasteiger partial charge >= 0.3 is 0 Å². The van der Waals surface area contributed by atoms with E-state index in [4.69, 9.17) is 10.4 Å². The predicted octanol–water partition coefficient (Wildman–Crippen LogP) is 2.09. The first-order valence-corrected chi connectivity index (χ1v) is 5.80. The molecule has 0 amide bonds. The van der Waals surface area contributed by atoms with Gasteiger partial charge in [0.25, 0.3) is 0 Å². The van der Waals surface area contributed by atoms with Crippen molar-refractivity contribution in [1.29, 1.82) is 5.26 Å². The fourth-order valence-corrected chi connectivity index (χ4v) is 1.61. The zero-order valence-electron chi connectivity index (χ0n) is 10.2. The summed E-state index contributed by atoms with van der Waals surface area (Å²) in [5.74, 6) is -1.43. The summed E-state index contributed by atoms with van der Waals surface area (Å²) in [5.41, 5.74) is -0.0908. The van der Waals surface area contributed by atoms with E-state index in [1.54, 1.807) is 6.07 Å². The molecule has 1 aromatic carbocycles. The van der Waals surface area contributed by atoms with Crippen LogP contribution in [-0.4, -0.2) is 17.8 Å². The summed E-state index contributed by atoms with van der Waals surface area (Å²) in [5, 5.41) is 20.2. The van der Waals surface area contributed by atoms with Crippen LogP contribution in [0.2, 0.25) is 0 Å². The summed E-state index contributed by atoms with van der Waals surface area (Å²) < 4.78 is 27.1. The highest BCUT2D eigenvalue weighted by Gasteiger charge is 2.12. The Kier molecular flexibility index (Phi) is 5.69. The molecule has 0 aliphatic heterocycles. The molecule has 3 nitrogen and oxygen atoms in total. The van der Waals surface area contributed by atoms with Crippen LogP contribution in [0.25, 0.3) is 0 Å². The third-order valence-electron chi connectivity index (χ3n) is 2.69. The van der Waals surface area contributed by atoms with Crippen LogP contribution in [-0.2, 0) is 6.54 Å². The van der Waals surface area contributed by atoms with Crippen LogP contribution in [0, 0.1) is 23.0 Å². The molecule has 0 radical (unpaired) electrons. The second kappa shape index (κ2) is 7.04. The van der Waals surface area contributed by atoms with Gasteiger partial charge in [0, 0.05) is 24.8 Å².